The van der Waals surface area contributed by atoms with E-state index in [2.05, 4.69) is 4.52 Å². The van der Waals surface area contributed by atoms with Gasteiger partial charge in [0, 0.05) is 54.7 Å². The van der Waals surface area contributed by atoms with Gasteiger partial charge >= 0.3 is 22.8 Å². The van der Waals surface area contributed by atoms with Gasteiger partial charge in [0.15, 0.2) is 0 Å². The average Bonchev–Trinajstić information content (AvgIpc) is 2.73. The number of hydrogen-bond donors (Lipinski definition) is 0. The Morgan fingerprint density at radius 3 is 0.795 bits per heavy atom. The lowest BCUT2D eigenvalue weighted by Gasteiger charge is -2.52. The van der Waals surface area contributed by atoms with Gasteiger partial charge in [-0.3, -0.25) is 27.3 Å². The first-order valence-electron chi connectivity index (χ1n) is 10.3. The van der Waals surface area contributed by atoms with Crippen LogP contribution in [0.4, 0.5) is 0 Å². The first kappa shape index (κ1) is 37.9. The van der Waals surface area contributed by atoms with Crippen molar-refractivity contribution in [2.45, 2.75) is 36.6 Å². The van der Waals surface area contributed by atoms with Crippen LogP contribution >= 0.6 is 45.8 Å². The normalized spacial score (nSPS) is 34.2. The van der Waals surface area contributed by atoms with E-state index in [9.17, 15) is 47.0 Å². The molecule has 0 amide bonds. The molecule has 1 saturated carbocycles. The van der Waals surface area contributed by atoms with Gasteiger partial charge in [-0.15, -0.1) is 0 Å². The lowest BCUT2D eigenvalue weighted by atomic mass is 9.85. The van der Waals surface area contributed by atoms with Crippen molar-refractivity contribution < 1.29 is 87.7 Å². The van der Waals surface area contributed by atoms with Crippen molar-refractivity contribution in [3.63, 3.8) is 0 Å². The molecule has 9 atom stereocenters. The fourth-order valence-corrected chi connectivity index (χ4v) is 7.43. The molecule has 0 saturated heterocycles. The predicted octanol–water partition coefficient (Wildman–Crippen LogP) is -0.0858. The van der Waals surface area contributed by atoms with Gasteiger partial charge in [-0.25, -0.2) is 0 Å². The molecule has 1 rings (SSSR count). The SMILES string of the molecule is COP(C)(=O)OC1C(OP(C)(=O)[O-])C(OP(C)(=O)OC)C(OP(=O)([O-])[O-])C(OP(C)(=O)OC)C1OP(C)(=O)[O-]. The molecule has 1 aliphatic carbocycles. The van der Waals surface area contributed by atoms with Gasteiger partial charge in [-0.2, -0.15) is 0 Å². The van der Waals surface area contributed by atoms with Crippen molar-refractivity contribution >= 4 is 45.8 Å². The first-order valence-corrected chi connectivity index (χ1v) is 21.8. The summed E-state index contributed by atoms with van der Waals surface area (Å²) >= 11 is 0. The molecule has 1 aliphatic rings. The largest absolute Gasteiger partial charge is 0.790 e. The monoisotopic (exact) mass is 688 g/mol. The Morgan fingerprint density at radius 1 is 0.410 bits per heavy atom. The summed E-state index contributed by atoms with van der Waals surface area (Å²) in [5.74, 6) is 0. The summed E-state index contributed by atoms with van der Waals surface area (Å²) in [6, 6.07) is 0. The molecular formula is C14H30O19P6-4. The quantitative estimate of drug-likeness (QED) is 0.203. The van der Waals surface area contributed by atoms with E-state index in [4.69, 9.17) is 36.2 Å². The van der Waals surface area contributed by atoms with Crippen molar-refractivity contribution in [3.8, 4) is 0 Å². The van der Waals surface area contributed by atoms with Gasteiger partial charge in [0.2, 0.25) is 0 Å². The van der Waals surface area contributed by atoms with E-state index >= 15 is 0 Å². The summed E-state index contributed by atoms with van der Waals surface area (Å²) < 4.78 is 119. The standard InChI is InChI=1S/C14H34O19P6/c1-25-36(6,19)30-11-9(28-34(4,15)16)12(31-37(7,20)26-2)14(33-39(22,23)24)13(32-38(8,21)27-3)10(11)29-35(5,17)18/h9-14H,1-8H3,(H,15,16)(H,17,18)(H2,22,23,24)/p-4. The van der Waals surface area contributed by atoms with Crippen LogP contribution in [0.2, 0.25) is 0 Å². The Balaban J connectivity index is 4.14. The van der Waals surface area contributed by atoms with Crippen LogP contribution in [-0.4, -0.2) is 91.3 Å². The molecule has 0 radical (unpaired) electrons. The van der Waals surface area contributed by atoms with Crippen LogP contribution in [0.25, 0.3) is 0 Å². The lowest BCUT2D eigenvalue weighted by Crippen LogP contribution is -2.67. The molecule has 0 spiro atoms. The minimum atomic E-state index is -6.13. The average molecular weight is 688 g/mol. The minimum Gasteiger partial charge on any atom is -0.790 e. The molecule has 19 nitrogen and oxygen atoms in total. The highest BCUT2D eigenvalue weighted by molar-refractivity contribution is 7.53. The number of phosphoric ester groups is 1. The number of rotatable bonds is 15. The van der Waals surface area contributed by atoms with E-state index in [0.717, 1.165) is 41.3 Å². The molecule has 0 aliphatic heterocycles. The van der Waals surface area contributed by atoms with Crippen LogP contribution in [-0.2, 0) is 68.1 Å². The molecule has 0 bridgehead atoms. The van der Waals surface area contributed by atoms with Crippen LogP contribution in [0.15, 0.2) is 0 Å². The van der Waals surface area contributed by atoms with Gasteiger partial charge in [0.25, 0.3) is 0 Å². The fraction of sp³-hybridized carbons (Fsp3) is 1.00. The summed E-state index contributed by atoms with van der Waals surface area (Å²) in [7, 11) is -26.2. The number of phosphoric acid groups is 1. The summed E-state index contributed by atoms with van der Waals surface area (Å²) in [4.78, 5) is 47.9. The van der Waals surface area contributed by atoms with Gasteiger partial charge < -0.3 is 60.4 Å². The Labute approximate surface area is 225 Å². The Morgan fingerprint density at radius 2 is 0.615 bits per heavy atom. The molecule has 234 valence electrons. The third kappa shape index (κ3) is 12.9. The highest BCUT2D eigenvalue weighted by Gasteiger charge is 2.60. The second-order valence-electron chi connectivity index (χ2n) is 8.27. The molecule has 1 fully saturated rings. The van der Waals surface area contributed by atoms with Gasteiger partial charge in [-0.05, 0) is 0 Å². The van der Waals surface area contributed by atoms with E-state index in [1.807, 2.05) is 0 Å². The summed E-state index contributed by atoms with van der Waals surface area (Å²) in [6.07, 6.45) is -14.0. The molecule has 39 heavy (non-hydrogen) atoms. The smallest absolute Gasteiger partial charge is 0.327 e. The van der Waals surface area contributed by atoms with E-state index in [-0.39, 0.29) is 0 Å². The van der Waals surface area contributed by atoms with E-state index in [1.54, 1.807) is 0 Å². The van der Waals surface area contributed by atoms with Crippen molar-refractivity contribution in [1.29, 1.82) is 0 Å². The van der Waals surface area contributed by atoms with Gasteiger partial charge in [0.1, 0.15) is 51.8 Å². The van der Waals surface area contributed by atoms with Crippen LogP contribution in [0, 0.1) is 0 Å². The predicted molar refractivity (Wildman–Crippen MR) is 126 cm³/mol. The molecule has 0 aromatic heterocycles. The summed E-state index contributed by atoms with van der Waals surface area (Å²) in [6.45, 7) is 3.58. The second-order valence-corrected chi connectivity index (χ2v) is 19.2. The molecule has 9 unspecified atom stereocenters. The highest BCUT2D eigenvalue weighted by atomic mass is 31.2. The Bertz CT molecular complexity index is 974. The van der Waals surface area contributed by atoms with Gasteiger partial charge in [-0.1, -0.05) is 0 Å². The molecule has 0 aromatic rings. The van der Waals surface area contributed by atoms with Crippen molar-refractivity contribution in [1.82, 2.24) is 0 Å². The lowest BCUT2D eigenvalue weighted by molar-refractivity contribution is -0.352. The van der Waals surface area contributed by atoms with Crippen molar-refractivity contribution in [3.05, 3.63) is 0 Å². The molecular weight excluding hydrogens is 658 g/mol. The summed E-state index contributed by atoms with van der Waals surface area (Å²) in [5, 5.41) is 0. The Kier molecular flexibility index (Phi) is 13.3. The van der Waals surface area contributed by atoms with Crippen LogP contribution in [0.3, 0.4) is 0 Å². The summed E-state index contributed by atoms with van der Waals surface area (Å²) in [5.41, 5.74) is 0. The van der Waals surface area contributed by atoms with Crippen molar-refractivity contribution in [2.75, 3.05) is 54.7 Å². The zero-order chi connectivity index (χ0) is 30.8. The molecule has 0 N–H and O–H groups in total. The molecule has 25 heteroatoms. The van der Waals surface area contributed by atoms with E-state index in [0.29, 0.717) is 13.3 Å². The first-order chi connectivity index (χ1) is 17.3. The zero-order valence-electron chi connectivity index (χ0n) is 21.9. The fourth-order valence-electron chi connectivity index (χ4n) is 3.23. The maximum absolute atomic E-state index is 12.8. The molecule has 0 aromatic carbocycles. The van der Waals surface area contributed by atoms with Crippen LogP contribution < -0.4 is 19.6 Å². The Hall–Kier alpha value is 0.860. The van der Waals surface area contributed by atoms with E-state index < -0.39 is 82.4 Å². The highest BCUT2D eigenvalue weighted by Crippen LogP contribution is 2.58. The molecule has 0 heterocycles. The number of hydrogen-bond acceptors (Lipinski definition) is 19. The van der Waals surface area contributed by atoms with Crippen LogP contribution in [0.1, 0.15) is 0 Å². The topological polar surface area (TPSA) is 278 Å². The van der Waals surface area contributed by atoms with E-state index in [1.165, 1.54) is 0 Å². The minimum absolute atomic E-state index is 0.523. The maximum Gasteiger partial charge on any atom is 0.327 e. The third-order valence-electron chi connectivity index (χ3n) is 4.75. The van der Waals surface area contributed by atoms with Crippen molar-refractivity contribution in [2.24, 2.45) is 0 Å². The van der Waals surface area contributed by atoms with Crippen LogP contribution in [0.5, 0.6) is 0 Å². The second kappa shape index (κ2) is 13.7. The maximum atomic E-state index is 12.8. The zero-order valence-corrected chi connectivity index (χ0v) is 27.3. The third-order valence-corrected chi connectivity index (χ3v) is 10.4. The van der Waals surface area contributed by atoms with Gasteiger partial charge in [0.05, 0.1) is 7.82 Å².